The molecule has 0 amide bonds. The van der Waals surface area contributed by atoms with Gasteiger partial charge in [-0.3, -0.25) is 9.30 Å². The minimum atomic E-state index is 0.290. The summed E-state index contributed by atoms with van der Waals surface area (Å²) in [6.07, 6.45) is 8.41. The monoisotopic (exact) mass is 340 g/mol. The number of aromatic nitrogens is 3. The van der Waals surface area contributed by atoms with Crippen LogP contribution in [0.3, 0.4) is 0 Å². The molecule has 0 radical (unpaired) electrons. The van der Waals surface area contributed by atoms with Gasteiger partial charge in [-0.25, -0.2) is 4.98 Å². The molecule has 1 atom stereocenters. The van der Waals surface area contributed by atoms with Crippen LogP contribution in [0.15, 0.2) is 35.1 Å². The number of hydrogen-bond acceptors (Lipinski definition) is 5. The molecule has 0 aliphatic carbocycles. The molecule has 6 heteroatoms. The molecule has 0 spiro atoms. The van der Waals surface area contributed by atoms with Crippen molar-refractivity contribution in [3.63, 3.8) is 0 Å². The van der Waals surface area contributed by atoms with Crippen LogP contribution in [0, 0.1) is 0 Å². The molecule has 4 heterocycles. The Balaban J connectivity index is 1.61. The van der Waals surface area contributed by atoms with Gasteiger partial charge >= 0.3 is 0 Å². The van der Waals surface area contributed by atoms with E-state index in [2.05, 4.69) is 32.4 Å². The van der Waals surface area contributed by atoms with Crippen molar-refractivity contribution in [2.24, 2.45) is 0 Å². The summed E-state index contributed by atoms with van der Waals surface area (Å²) in [4.78, 5) is 7.00. The molecule has 0 bridgehead atoms. The number of hydrogen-bond donors (Lipinski definition) is 0. The van der Waals surface area contributed by atoms with Gasteiger partial charge in [0, 0.05) is 12.6 Å². The molecule has 1 aliphatic heterocycles. The Kier molecular flexibility index (Phi) is 4.44. The number of fused-ring (bicyclic) bond motifs is 1. The number of nitrogens with zero attached hydrogens (tertiary/aromatic N) is 4. The van der Waals surface area contributed by atoms with Gasteiger partial charge in [-0.1, -0.05) is 18.5 Å². The average Bonchev–Trinajstić information content (AvgIpc) is 3.29. The zero-order valence-corrected chi connectivity index (χ0v) is 14.8. The largest absolute Gasteiger partial charge is 0.495 e. The second kappa shape index (κ2) is 6.88. The third-order valence-corrected chi connectivity index (χ3v) is 5.04. The Morgan fingerprint density at radius 1 is 1.32 bits per heavy atom. The molecule has 6 nitrogen and oxygen atoms in total. The van der Waals surface area contributed by atoms with E-state index in [-0.39, 0.29) is 6.04 Å². The first-order valence-corrected chi connectivity index (χ1v) is 8.98. The third-order valence-electron chi connectivity index (χ3n) is 5.04. The molecule has 0 aromatic carbocycles. The molecular weight excluding hydrogens is 316 g/mol. The predicted molar refractivity (Wildman–Crippen MR) is 94.6 cm³/mol. The van der Waals surface area contributed by atoms with Gasteiger partial charge in [-0.2, -0.15) is 0 Å². The Morgan fingerprint density at radius 3 is 3.04 bits per heavy atom. The fourth-order valence-electron chi connectivity index (χ4n) is 3.61. The van der Waals surface area contributed by atoms with Gasteiger partial charge in [0.1, 0.15) is 11.4 Å². The number of likely N-dealkylation sites (tertiary alicyclic amines) is 1. The molecule has 1 aliphatic rings. The molecule has 3 aromatic heterocycles. The van der Waals surface area contributed by atoms with E-state index >= 15 is 0 Å². The van der Waals surface area contributed by atoms with Crippen molar-refractivity contribution in [3.05, 3.63) is 47.7 Å². The number of imidazole rings is 1. The number of piperidine rings is 1. The summed E-state index contributed by atoms with van der Waals surface area (Å²) in [6, 6.07) is 6.33. The van der Waals surface area contributed by atoms with Gasteiger partial charge in [-0.15, -0.1) is 0 Å². The summed E-state index contributed by atoms with van der Waals surface area (Å²) in [6.45, 7) is 4.00. The fraction of sp³-hybridized carbons (Fsp3) is 0.474. The second-order valence-electron chi connectivity index (χ2n) is 6.60. The van der Waals surface area contributed by atoms with Crippen LogP contribution in [-0.4, -0.2) is 33.1 Å². The highest BCUT2D eigenvalue weighted by atomic mass is 16.5. The zero-order chi connectivity index (χ0) is 17.2. The first kappa shape index (κ1) is 16.1. The van der Waals surface area contributed by atoms with E-state index < -0.39 is 0 Å². The summed E-state index contributed by atoms with van der Waals surface area (Å²) in [7, 11) is 1.69. The Morgan fingerprint density at radius 2 is 2.24 bits per heavy atom. The van der Waals surface area contributed by atoms with Gasteiger partial charge in [0.15, 0.2) is 5.76 Å². The predicted octanol–water partition coefficient (Wildman–Crippen LogP) is 3.62. The molecule has 3 aromatic rings. The maximum Gasteiger partial charge on any atom is 0.154 e. The molecule has 132 valence electrons. The van der Waals surface area contributed by atoms with Crippen molar-refractivity contribution in [1.82, 2.24) is 19.4 Å². The van der Waals surface area contributed by atoms with E-state index in [4.69, 9.17) is 9.26 Å². The van der Waals surface area contributed by atoms with E-state index in [0.29, 0.717) is 0 Å². The van der Waals surface area contributed by atoms with Gasteiger partial charge in [-0.05, 0) is 37.9 Å². The number of methoxy groups -OCH3 is 1. The molecule has 1 saturated heterocycles. The van der Waals surface area contributed by atoms with Crippen molar-refractivity contribution < 1.29 is 9.26 Å². The lowest BCUT2D eigenvalue weighted by Gasteiger charge is -2.33. The van der Waals surface area contributed by atoms with Crippen molar-refractivity contribution in [2.75, 3.05) is 13.7 Å². The lowest BCUT2D eigenvalue weighted by atomic mass is 9.99. The standard InChI is InChI=1S/C19H24N4O2/c1-3-14-10-18(25-21-14)17-6-4-5-9-22(17)12-15-11-20-19-8-7-16(24-2)13-23(15)19/h7-8,10-11,13,17H,3-6,9,12H2,1-2H3. The van der Waals surface area contributed by atoms with Crippen LogP contribution in [0.2, 0.25) is 0 Å². The van der Waals surface area contributed by atoms with Crippen LogP contribution >= 0.6 is 0 Å². The zero-order valence-electron chi connectivity index (χ0n) is 14.8. The third kappa shape index (κ3) is 3.14. The topological polar surface area (TPSA) is 55.8 Å². The molecule has 1 unspecified atom stereocenters. The number of aryl methyl sites for hydroxylation is 1. The molecular formula is C19H24N4O2. The highest BCUT2D eigenvalue weighted by Gasteiger charge is 2.28. The Labute approximate surface area is 147 Å². The van der Waals surface area contributed by atoms with Crippen LogP contribution in [-0.2, 0) is 13.0 Å². The summed E-state index contributed by atoms with van der Waals surface area (Å²) in [5, 5.41) is 4.18. The van der Waals surface area contributed by atoms with E-state index in [0.717, 1.165) is 54.5 Å². The van der Waals surface area contributed by atoms with Crippen molar-refractivity contribution in [2.45, 2.75) is 45.2 Å². The van der Waals surface area contributed by atoms with Crippen LogP contribution in [0.4, 0.5) is 0 Å². The molecule has 0 saturated carbocycles. The second-order valence-corrected chi connectivity index (χ2v) is 6.60. The van der Waals surface area contributed by atoms with Crippen LogP contribution in [0.5, 0.6) is 5.75 Å². The van der Waals surface area contributed by atoms with Gasteiger partial charge in [0.05, 0.1) is 36.9 Å². The first-order chi connectivity index (χ1) is 12.3. The summed E-state index contributed by atoms with van der Waals surface area (Å²) in [5.41, 5.74) is 3.13. The van der Waals surface area contributed by atoms with E-state index in [1.807, 2.05) is 24.5 Å². The number of rotatable bonds is 5. The quantitative estimate of drug-likeness (QED) is 0.710. The highest BCUT2D eigenvalue weighted by molar-refractivity contribution is 5.43. The van der Waals surface area contributed by atoms with Crippen LogP contribution in [0.25, 0.3) is 5.65 Å². The normalized spacial score (nSPS) is 18.7. The van der Waals surface area contributed by atoms with Gasteiger partial charge < -0.3 is 9.26 Å². The smallest absolute Gasteiger partial charge is 0.154 e. The number of ether oxygens (including phenoxy) is 1. The molecule has 0 N–H and O–H groups in total. The minimum absolute atomic E-state index is 0.290. The lowest BCUT2D eigenvalue weighted by Crippen LogP contribution is -2.33. The summed E-state index contributed by atoms with van der Waals surface area (Å²) >= 11 is 0. The molecule has 25 heavy (non-hydrogen) atoms. The van der Waals surface area contributed by atoms with E-state index in [1.54, 1.807) is 7.11 Å². The lowest BCUT2D eigenvalue weighted by molar-refractivity contribution is 0.114. The van der Waals surface area contributed by atoms with Crippen molar-refractivity contribution in [3.8, 4) is 5.75 Å². The fourth-order valence-corrected chi connectivity index (χ4v) is 3.61. The van der Waals surface area contributed by atoms with Gasteiger partial charge in [0.25, 0.3) is 0 Å². The van der Waals surface area contributed by atoms with Crippen molar-refractivity contribution in [1.29, 1.82) is 0 Å². The highest BCUT2D eigenvalue weighted by Crippen LogP contribution is 2.32. The summed E-state index contributed by atoms with van der Waals surface area (Å²) < 4.78 is 13.1. The maximum atomic E-state index is 5.63. The van der Waals surface area contributed by atoms with Crippen LogP contribution < -0.4 is 4.74 Å². The minimum Gasteiger partial charge on any atom is -0.495 e. The van der Waals surface area contributed by atoms with Crippen LogP contribution in [0.1, 0.15) is 49.4 Å². The average molecular weight is 340 g/mol. The van der Waals surface area contributed by atoms with Crippen molar-refractivity contribution >= 4 is 5.65 Å². The maximum absolute atomic E-state index is 5.63. The molecule has 1 fully saturated rings. The molecule has 4 rings (SSSR count). The summed E-state index contributed by atoms with van der Waals surface area (Å²) in [5.74, 6) is 1.83. The van der Waals surface area contributed by atoms with Gasteiger partial charge in [0.2, 0.25) is 0 Å². The number of pyridine rings is 1. The van der Waals surface area contributed by atoms with E-state index in [9.17, 15) is 0 Å². The SMILES string of the molecule is CCc1cc(C2CCCCN2Cc2cnc3ccc(OC)cn23)on1. The Hall–Kier alpha value is -2.34. The Bertz CT molecular complexity index is 854. The van der Waals surface area contributed by atoms with E-state index in [1.165, 1.54) is 12.8 Å². The first-order valence-electron chi connectivity index (χ1n) is 8.98.